The predicted molar refractivity (Wildman–Crippen MR) is 99.8 cm³/mol. The summed E-state index contributed by atoms with van der Waals surface area (Å²) in [5, 5.41) is 6.33. The zero-order valence-electron chi connectivity index (χ0n) is 15.1. The van der Waals surface area contributed by atoms with Gasteiger partial charge in [-0.1, -0.05) is 6.07 Å². The van der Waals surface area contributed by atoms with Crippen LogP contribution in [0.3, 0.4) is 0 Å². The fourth-order valence-electron chi connectivity index (χ4n) is 2.16. The zero-order valence-corrected chi connectivity index (χ0v) is 15.1. The lowest BCUT2D eigenvalue weighted by Gasteiger charge is -2.07. The molecular weight excluding hydrogens is 334 g/mol. The number of hydrogen-bond acceptors (Lipinski definition) is 5. The summed E-state index contributed by atoms with van der Waals surface area (Å²) in [5.74, 6) is -0.501. The van der Waals surface area contributed by atoms with Crippen LogP contribution >= 0.6 is 0 Å². The normalized spacial score (nSPS) is 10.5. The van der Waals surface area contributed by atoms with Crippen LogP contribution in [-0.4, -0.2) is 32.2 Å². The van der Waals surface area contributed by atoms with Gasteiger partial charge in [0.15, 0.2) is 0 Å². The van der Waals surface area contributed by atoms with Crippen molar-refractivity contribution >= 4 is 23.7 Å². The SMILES string of the molecule is COc1ccc(OC)c(/C=N\NC(=O)C(=O)Nc2ccc(C)c(C)c2)c1. The third-order valence-corrected chi connectivity index (χ3v) is 3.78. The predicted octanol–water partition coefficient (Wildman–Crippen LogP) is 2.41. The number of rotatable bonds is 5. The summed E-state index contributed by atoms with van der Waals surface area (Å²) < 4.78 is 10.3. The molecule has 0 unspecified atom stereocenters. The van der Waals surface area contributed by atoms with Gasteiger partial charge < -0.3 is 14.8 Å². The van der Waals surface area contributed by atoms with Crippen molar-refractivity contribution in [3.05, 3.63) is 53.1 Å². The Morgan fingerprint density at radius 2 is 1.73 bits per heavy atom. The van der Waals surface area contributed by atoms with Crippen molar-refractivity contribution in [1.82, 2.24) is 5.43 Å². The number of hydrogen-bond donors (Lipinski definition) is 2. The topological polar surface area (TPSA) is 89.0 Å². The van der Waals surface area contributed by atoms with Gasteiger partial charge in [-0.2, -0.15) is 5.10 Å². The molecule has 2 aromatic rings. The van der Waals surface area contributed by atoms with Gasteiger partial charge in [-0.15, -0.1) is 0 Å². The number of amides is 2. The van der Waals surface area contributed by atoms with Gasteiger partial charge >= 0.3 is 11.8 Å². The van der Waals surface area contributed by atoms with Crippen LogP contribution in [0.4, 0.5) is 5.69 Å². The van der Waals surface area contributed by atoms with Crippen LogP contribution in [0.15, 0.2) is 41.5 Å². The molecule has 0 spiro atoms. The number of ether oxygens (including phenoxy) is 2. The van der Waals surface area contributed by atoms with Crippen LogP contribution in [0, 0.1) is 13.8 Å². The average molecular weight is 355 g/mol. The van der Waals surface area contributed by atoms with Crippen LogP contribution in [0.25, 0.3) is 0 Å². The van der Waals surface area contributed by atoms with Crippen LogP contribution in [0.5, 0.6) is 11.5 Å². The van der Waals surface area contributed by atoms with Crippen LogP contribution in [-0.2, 0) is 9.59 Å². The Balaban J connectivity index is 2.00. The van der Waals surface area contributed by atoms with Gasteiger partial charge in [0.1, 0.15) is 11.5 Å². The maximum atomic E-state index is 11.9. The quantitative estimate of drug-likeness (QED) is 0.490. The second-order valence-electron chi connectivity index (χ2n) is 5.56. The summed E-state index contributed by atoms with van der Waals surface area (Å²) >= 11 is 0. The molecule has 2 N–H and O–H groups in total. The molecule has 0 bridgehead atoms. The van der Waals surface area contributed by atoms with Gasteiger partial charge in [-0.05, 0) is 55.3 Å². The molecule has 26 heavy (non-hydrogen) atoms. The van der Waals surface area contributed by atoms with Crippen molar-refractivity contribution in [3.8, 4) is 11.5 Å². The number of carbonyl (C=O) groups excluding carboxylic acids is 2. The maximum absolute atomic E-state index is 11.9. The average Bonchev–Trinajstić information content (AvgIpc) is 2.64. The molecule has 0 saturated heterocycles. The van der Waals surface area contributed by atoms with Crippen LogP contribution < -0.4 is 20.2 Å². The van der Waals surface area contributed by atoms with E-state index in [9.17, 15) is 9.59 Å². The van der Waals surface area contributed by atoms with Gasteiger partial charge in [0.25, 0.3) is 0 Å². The molecule has 0 aromatic heterocycles. The van der Waals surface area contributed by atoms with E-state index in [1.54, 1.807) is 37.4 Å². The van der Waals surface area contributed by atoms with Gasteiger partial charge in [-0.25, -0.2) is 5.43 Å². The fraction of sp³-hybridized carbons (Fsp3) is 0.211. The van der Waals surface area contributed by atoms with E-state index in [2.05, 4.69) is 15.8 Å². The second-order valence-corrected chi connectivity index (χ2v) is 5.56. The van der Waals surface area contributed by atoms with E-state index in [0.29, 0.717) is 22.7 Å². The molecule has 0 heterocycles. The molecule has 0 aliphatic rings. The molecule has 2 rings (SSSR count). The Kier molecular flexibility index (Phi) is 6.32. The first-order chi connectivity index (χ1) is 12.4. The van der Waals surface area contributed by atoms with E-state index < -0.39 is 11.8 Å². The number of carbonyl (C=O) groups is 2. The Morgan fingerprint density at radius 1 is 0.962 bits per heavy atom. The van der Waals surface area contributed by atoms with Gasteiger partial charge in [0.05, 0.1) is 20.4 Å². The number of anilines is 1. The van der Waals surface area contributed by atoms with Crippen molar-refractivity contribution in [1.29, 1.82) is 0 Å². The molecule has 2 amide bonds. The Morgan fingerprint density at radius 3 is 2.38 bits per heavy atom. The summed E-state index contributed by atoms with van der Waals surface area (Å²) in [6.07, 6.45) is 1.38. The van der Waals surface area contributed by atoms with E-state index in [1.807, 2.05) is 19.9 Å². The standard InChI is InChI=1S/C19H21N3O4/c1-12-5-6-15(9-13(12)2)21-18(23)19(24)22-20-11-14-10-16(25-3)7-8-17(14)26-4/h5-11H,1-4H3,(H,21,23)(H,22,24)/b20-11-. The lowest BCUT2D eigenvalue weighted by atomic mass is 10.1. The lowest BCUT2D eigenvalue weighted by molar-refractivity contribution is -0.136. The highest BCUT2D eigenvalue weighted by atomic mass is 16.5. The Labute approximate surface area is 152 Å². The largest absolute Gasteiger partial charge is 0.497 e. The molecule has 0 aliphatic carbocycles. The van der Waals surface area contributed by atoms with E-state index >= 15 is 0 Å². The summed E-state index contributed by atoms with van der Waals surface area (Å²) in [4.78, 5) is 23.8. The Hall–Kier alpha value is -3.35. The third-order valence-electron chi connectivity index (χ3n) is 3.78. The number of nitrogens with one attached hydrogen (secondary N) is 2. The van der Waals surface area contributed by atoms with Crippen molar-refractivity contribution in [2.75, 3.05) is 19.5 Å². The molecule has 0 radical (unpaired) electrons. The highest BCUT2D eigenvalue weighted by molar-refractivity contribution is 6.39. The smallest absolute Gasteiger partial charge is 0.329 e. The number of methoxy groups -OCH3 is 2. The highest BCUT2D eigenvalue weighted by Crippen LogP contribution is 2.22. The molecular formula is C19H21N3O4. The van der Waals surface area contributed by atoms with Crippen LogP contribution in [0.1, 0.15) is 16.7 Å². The first-order valence-corrected chi connectivity index (χ1v) is 7.88. The molecule has 0 atom stereocenters. The van der Waals surface area contributed by atoms with Crippen molar-refractivity contribution in [2.24, 2.45) is 5.10 Å². The van der Waals surface area contributed by atoms with Crippen LogP contribution in [0.2, 0.25) is 0 Å². The zero-order chi connectivity index (χ0) is 19.1. The Bertz CT molecular complexity index is 847. The van der Waals surface area contributed by atoms with E-state index in [0.717, 1.165) is 11.1 Å². The first kappa shape index (κ1) is 19.0. The van der Waals surface area contributed by atoms with Gasteiger partial charge in [0, 0.05) is 11.3 Å². The van der Waals surface area contributed by atoms with Crippen molar-refractivity contribution in [2.45, 2.75) is 13.8 Å². The lowest BCUT2D eigenvalue weighted by Crippen LogP contribution is -2.32. The number of aryl methyl sites for hydroxylation is 2. The van der Waals surface area contributed by atoms with Crippen molar-refractivity contribution < 1.29 is 19.1 Å². The van der Waals surface area contributed by atoms with E-state index in [4.69, 9.17) is 9.47 Å². The summed E-state index contributed by atoms with van der Waals surface area (Å²) in [6, 6.07) is 10.6. The van der Waals surface area contributed by atoms with Crippen molar-refractivity contribution in [3.63, 3.8) is 0 Å². The summed E-state index contributed by atoms with van der Waals surface area (Å²) in [6.45, 7) is 3.89. The highest BCUT2D eigenvalue weighted by Gasteiger charge is 2.13. The van der Waals surface area contributed by atoms with E-state index in [-0.39, 0.29) is 0 Å². The summed E-state index contributed by atoms with van der Waals surface area (Å²) in [7, 11) is 3.07. The third kappa shape index (κ3) is 4.83. The number of nitrogens with zero attached hydrogens (tertiary/aromatic N) is 1. The maximum Gasteiger partial charge on any atom is 0.329 e. The molecule has 0 aliphatic heterocycles. The monoisotopic (exact) mass is 355 g/mol. The fourth-order valence-corrected chi connectivity index (χ4v) is 2.16. The molecule has 0 fully saturated rings. The molecule has 0 saturated carbocycles. The molecule has 2 aromatic carbocycles. The second kappa shape index (κ2) is 8.66. The van der Waals surface area contributed by atoms with E-state index in [1.165, 1.54) is 13.3 Å². The summed E-state index contributed by atoms with van der Waals surface area (Å²) in [5.41, 5.74) is 5.46. The minimum absolute atomic E-state index is 0.548. The van der Waals surface area contributed by atoms with Gasteiger partial charge in [-0.3, -0.25) is 9.59 Å². The van der Waals surface area contributed by atoms with Gasteiger partial charge in [0.2, 0.25) is 0 Å². The minimum Gasteiger partial charge on any atom is -0.497 e. The number of benzene rings is 2. The molecule has 136 valence electrons. The molecule has 7 heteroatoms. The minimum atomic E-state index is -0.874. The number of hydrazone groups is 1. The molecule has 7 nitrogen and oxygen atoms in total. The first-order valence-electron chi connectivity index (χ1n) is 7.88.